The van der Waals surface area contributed by atoms with Crippen molar-refractivity contribution in [1.82, 2.24) is 4.31 Å². The van der Waals surface area contributed by atoms with Crippen LogP contribution in [0.5, 0.6) is 5.75 Å². The number of halogens is 3. The standard InChI is InChI=1S/C20H22F3N3O5S/c1-14(24-15-5-7-17(8-6-15)31-20(21,22)23)19(27)25-16-3-2-4-18(13-16)32(28,29)26-9-11-30-12-10-26/h2-8,13-14,24H,9-12H2,1H3,(H,25,27)/t14-/m0/s1. The van der Waals surface area contributed by atoms with Crippen LogP contribution < -0.4 is 15.4 Å². The van der Waals surface area contributed by atoms with Gasteiger partial charge in [-0.3, -0.25) is 4.79 Å². The van der Waals surface area contributed by atoms with Gasteiger partial charge in [-0.1, -0.05) is 6.07 Å². The van der Waals surface area contributed by atoms with Gasteiger partial charge in [-0.15, -0.1) is 13.2 Å². The van der Waals surface area contributed by atoms with Gasteiger partial charge in [-0.2, -0.15) is 4.31 Å². The topological polar surface area (TPSA) is 97.0 Å². The fraction of sp³-hybridized carbons (Fsp3) is 0.350. The molecule has 0 aromatic heterocycles. The van der Waals surface area contributed by atoms with E-state index in [9.17, 15) is 26.4 Å². The van der Waals surface area contributed by atoms with Crippen LogP contribution >= 0.6 is 0 Å². The molecule has 32 heavy (non-hydrogen) atoms. The first kappa shape index (κ1) is 23.8. The highest BCUT2D eigenvalue weighted by Gasteiger charge is 2.31. The molecule has 2 N–H and O–H groups in total. The quantitative estimate of drug-likeness (QED) is 0.642. The highest BCUT2D eigenvalue weighted by atomic mass is 32.2. The number of alkyl halides is 3. The van der Waals surface area contributed by atoms with Crippen LogP contribution in [-0.4, -0.2) is 57.3 Å². The van der Waals surface area contributed by atoms with Crippen LogP contribution in [0.1, 0.15) is 6.92 Å². The first-order chi connectivity index (χ1) is 15.0. The van der Waals surface area contributed by atoms with Gasteiger partial charge in [0, 0.05) is 24.5 Å². The van der Waals surface area contributed by atoms with Crippen molar-refractivity contribution >= 4 is 27.3 Å². The summed E-state index contributed by atoms with van der Waals surface area (Å²) < 4.78 is 72.6. The van der Waals surface area contributed by atoms with Gasteiger partial charge >= 0.3 is 6.36 Å². The van der Waals surface area contributed by atoms with Crippen molar-refractivity contribution in [2.75, 3.05) is 36.9 Å². The Morgan fingerprint density at radius 2 is 1.75 bits per heavy atom. The number of hydrogen-bond acceptors (Lipinski definition) is 6. The van der Waals surface area contributed by atoms with E-state index in [1.807, 2.05) is 0 Å². The van der Waals surface area contributed by atoms with Crippen LogP contribution in [-0.2, 0) is 19.6 Å². The third kappa shape index (κ3) is 6.34. The molecule has 1 amide bonds. The van der Waals surface area contributed by atoms with Gasteiger partial charge in [0.25, 0.3) is 0 Å². The molecule has 174 valence electrons. The monoisotopic (exact) mass is 473 g/mol. The lowest BCUT2D eigenvalue weighted by molar-refractivity contribution is -0.274. The number of ether oxygens (including phenoxy) is 2. The van der Waals surface area contributed by atoms with Crippen LogP contribution in [0, 0.1) is 0 Å². The van der Waals surface area contributed by atoms with Crippen LogP contribution in [0.15, 0.2) is 53.4 Å². The lowest BCUT2D eigenvalue weighted by Crippen LogP contribution is -2.40. The summed E-state index contributed by atoms with van der Waals surface area (Å²) in [4.78, 5) is 12.6. The van der Waals surface area contributed by atoms with Gasteiger partial charge < -0.3 is 20.1 Å². The summed E-state index contributed by atoms with van der Waals surface area (Å²) >= 11 is 0. The molecular formula is C20H22F3N3O5S. The highest BCUT2D eigenvalue weighted by molar-refractivity contribution is 7.89. The van der Waals surface area contributed by atoms with E-state index < -0.39 is 28.3 Å². The smallest absolute Gasteiger partial charge is 0.406 e. The zero-order valence-electron chi connectivity index (χ0n) is 17.1. The van der Waals surface area contributed by atoms with Gasteiger partial charge in [0.15, 0.2) is 0 Å². The van der Waals surface area contributed by atoms with Crippen molar-refractivity contribution in [3.05, 3.63) is 48.5 Å². The number of nitrogens with zero attached hydrogens (tertiary/aromatic N) is 1. The van der Waals surface area contributed by atoms with Crippen LogP contribution in [0.25, 0.3) is 0 Å². The molecular weight excluding hydrogens is 451 g/mol. The summed E-state index contributed by atoms with van der Waals surface area (Å²) in [5, 5.41) is 5.50. The minimum atomic E-state index is -4.79. The van der Waals surface area contributed by atoms with Gasteiger partial charge in [-0.05, 0) is 49.4 Å². The number of benzene rings is 2. The van der Waals surface area contributed by atoms with E-state index in [4.69, 9.17) is 4.74 Å². The minimum Gasteiger partial charge on any atom is -0.406 e. The number of rotatable bonds is 7. The van der Waals surface area contributed by atoms with E-state index in [1.54, 1.807) is 13.0 Å². The Labute approximate surface area is 183 Å². The second-order valence-electron chi connectivity index (χ2n) is 6.97. The molecule has 1 aliphatic heterocycles. The van der Waals surface area contributed by atoms with E-state index in [1.165, 1.54) is 34.6 Å². The third-order valence-electron chi connectivity index (χ3n) is 4.57. The maximum atomic E-state index is 12.8. The molecule has 0 radical (unpaired) electrons. The number of anilines is 2. The number of sulfonamides is 1. The zero-order valence-corrected chi connectivity index (χ0v) is 17.9. The average Bonchev–Trinajstić information content (AvgIpc) is 2.75. The Hall–Kier alpha value is -2.83. The van der Waals surface area contributed by atoms with Crippen molar-refractivity contribution in [3.63, 3.8) is 0 Å². The number of amides is 1. The van der Waals surface area contributed by atoms with Crippen molar-refractivity contribution < 1.29 is 35.9 Å². The summed E-state index contributed by atoms with van der Waals surface area (Å²) in [6, 6.07) is 10.1. The van der Waals surface area contributed by atoms with Crippen molar-refractivity contribution in [3.8, 4) is 5.75 Å². The molecule has 2 aromatic rings. The molecule has 12 heteroatoms. The fourth-order valence-corrected chi connectivity index (χ4v) is 4.44. The number of morpholine rings is 1. The summed E-state index contributed by atoms with van der Waals surface area (Å²) in [5.74, 6) is -0.833. The van der Waals surface area contributed by atoms with E-state index in [0.29, 0.717) is 24.6 Å². The molecule has 3 rings (SSSR count). The maximum Gasteiger partial charge on any atom is 0.573 e. The summed E-state index contributed by atoms with van der Waals surface area (Å²) in [5.41, 5.74) is 0.706. The predicted molar refractivity (Wildman–Crippen MR) is 111 cm³/mol. The predicted octanol–water partition coefficient (Wildman–Crippen LogP) is 3.05. The first-order valence-corrected chi connectivity index (χ1v) is 11.1. The number of hydrogen-bond donors (Lipinski definition) is 2. The van der Waals surface area contributed by atoms with E-state index in [2.05, 4.69) is 15.4 Å². The summed E-state index contributed by atoms with van der Waals surface area (Å²) in [6.45, 7) is 2.72. The summed E-state index contributed by atoms with van der Waals surface area (Å²) in [6.07, 6.45) is -4.79. The van der Waals surface area contributed by atoms with Gasteiger partial charge in [0.05, 0.1) is 18.1 Å². The molecule has 2 aromatic carbocycles. The molecule has 0 unspecified atom stereocenters. The second-order valence-corrected chi connectivity index (χ2v) is 8.91. The lowest BCUT2D eigenvalue weighted by Gasteiger charge is -2.26. The molecule has 1 heterocycles. The fourth-order valence-electron chi connectivity index (χ4n) is 2.99. The Morgan fingerprint density at radius 3 is 2.38 bits per heavy atom. The molecule has 1 atom stereocenters. The van der Waals surface area contributed by atoms with Crippen molar-refractivity contribution in [1.29, 1.82) is 0 Å². The highest BCUT2D eigenvalue weighted by Crippen LogP contribution is 2.24. The van der Waals surface area contributed by atoms with Gasteiger partial charge in [0.1, 0.15) is 11.8 Å². The van der Waals surface area contributed by atoms with E-state index in [-0.39, 0.29) is 23.7 Å². The largest absolute Gasteiger partial charge is 0.573 e. The van der Waals surface area contributed by atoms with Crippen LogP contribution in [0.2, 0.25) is 0 Å². The summed E-state index contributed by atoms with van der Waals surface area (Å²) in [7, 11) is -3.71. The number of nitrogens with one attached hydrogen (secondary N) is 2. The number of carbonyl (C=O) groups excluding carboxylic acids is 1. The molecule has 0 spiro atoms. The molecule has 0 bridgehead atoms. The Bertz CT molecular complexity index is 1040. The Kier molecular flexibility index (Phi) is 7.26. The average molecular weight is 473 g/mol. The lowest BCUT2D eigenvalue weighted by atomic mass is 10.2. The second kappa shape index (κ2) is 9.76. The van der Waals surface area contributed by atoms with Crippen molar-refractivity contribution in [2.45, 2.75) is 24.2 Å². The third-order valence-corrected chi connectivity index (χ3v) is 6.47. The van der Waals surface area contributed by atoms with Crippen molar-refractivity contribution in [2.24, 2.45) is 0 Å². The van der Waals surface area contributed by atoms with Gasteiger partial charge in [-0.25, -0.2) is 8.42 Å². The number of carbonyl (C=O) groups is 1. The van der Waals surface area contributed by atoms with E-state index in [0.717, 1.165) is 12.1 Å². The molecule has 1 saturated heterocycles. The Morgan fingerprint density at radius 1 is 1.09 bits per heavy atom. The normalized spacial score (nSPS) is 16.2. The van der Waals surface area contributed by atoms with Crippen LogP contribution in [0.4, 0.5) is 24.5 Å². The minimum absolute atomic E-state index is 0.0538. The molecule has 0 saturated carbocycles. The van der Waals surface area contributed by atoms with Crippen LogP contribution in [0.3, 0.4) is 0 Å². The van der Waals surface area contributed by atoms with Gasteiger partial charge in [0.2, 0.25) is 15.9 Å². The molecule has 0 aliphatic carbocycles. The molecule has 8 nitrogen and oxygen atoms in total. The molecule has 1 aliphatic rings. The van der Waals surface area contributed by atoms with E-state index >= 15 is 0 Å². The SMILES string of the molecule is C[C@H](Nc1ccc(OC(F)(F)F)cc1)C(=O)Nc1cccc(S(=O)(=O)N2CCOCC2)c1. The first-order valence-electron chi connectivity index (χ1n) is 9.66. The molecule has 1 fully saturated rings. The zero-order chi connectivity index (χ0) is 23.4. The Balaban J connectivity index is 1.62. The maximum absolute atomic E-state index is 12.8.